The lowest BCUT2D eigenvalue weighted by Crippen LogP contribution is -2.20. The zero-order chi connectivity index (χ0) is 16.6. The Hall–Kier alpha value is -1.78. The van der Waals surface area contributed by atoms with E-state index in [0.717, 1.165) is 25.7 Å². The highest BCUT2D eigenvalue weighted by molar-refractivity contribution is 5.84. The van der Waals surface area contributed by atoms with Gasteiger partial charge in [0.1, 0.15) is 5.78 Å². The van der Waals surface area contributed by atoms with Crippen LogP contribution in [0.5, 0.6) is 0 Å². The molecule has 0 fully saturated rings. The fraction of sp³-hybridized carbons (Fsp3) is 0.667. The van der Waals surface area contributed by atoms with Crippen molar-refractivity contribution in [3.8, 4) is 23.7 Å². The topological polar surface area (TPSA) is 69.4 Å². The van der Waals surface area contributed by atoms with Gasteiger partial charge in [-0.3, -0.25) is 9.59 Å². The van der Waals surface area contributed by atoms with E-state index >= 15 is 0 Å². The van der Waals surface area contributed by atoms with Crippen molar-refractivity contribution < 1.29 is 14.3 Å². The van der Waals surface area contributed by atoms with E-state index in [4.69, 9.17) is 10.5 Å². The predicted molar refractivity (Wildman–Crippen MR) is 87.7 cm³/mol. The number of rotatable bonds is 10. The van der Waals surface area contributed by atoms with Crippen molar-refractivity contribution in [3.63, 3.8) is 0 Å². The Morgan fingerprint density at radius 3 is 2.41 bits per heavy atom. The smallest absolute Gasteiger partial charge is 0.309 e. The highest BCUT2D eigenvalue weighted by Crippen LogP contribution is 2.16. The second-order valence-electron chi connectivity index (χ2n) is 5.10. The normalized spacial score (nSPS) is 10.7. The molecule has 4 nitrogen and oxygen atoms in total. The Balaban J connectivity index is 4.17. The molecule has 0 rings (SSSR count). The zero-order valence-corrected chi connectivity index (χ0v) is 13.7. The minimum absolute atomic E-state index is 0.0407. The summed E-state index contributed by atoms with van der Waals surface area (Å²) in [5, 5.41) is 0. The number of carbonyl (C=O) groups excluding carboxylic acids is 2. The molecule has 0 radical (unpaired) electrons. The largest absolute Gasteiger partial charge is 0.469 e. The molecule has 0 amide bonds. The number of unbranched alkanes of at least 4 members (excludes halogenated alkanes) is 2. The van der Waals surface area contributed by atoms with Crippen molar-refractivity contribution >= 4 is 11.8 Å². The number of methoxy groups -OCH3 is 1. The molecule has 0 spiro atoms. The monoisotopic (exact) mass is 305 g/mol. The Bertz CT molecular complexity index is 448. The summed E-state index contributed by atoms with van der Waals surface area (Å²) < 4.78 is 4.76. The minimum Gasteiger partial charge on any atom is -0.469 e. The van der Waals surface area contributed by atoms with Crippen LogP contribution in [0, 0.1) is 29.6 Å². The van der Waals surface area contributed by atoms with Gasteiger partial charge < -0.3 is 10.5 Å². The third-order valence-corrected chi connectivity index (χ3v) is 3.16. The third-order valence-electron chi connectivity index (χ3n) is 3.16. The molecule has 1 unspecified atom stereocenters. The number of hydrogen-bond acceptors (Lipinski definition) is 4. The van der Waals surface area contributed by atoms with Crippen LogP contribution in [0.4, 0.5) is 0 Å². The molecule has 0 saturated heterocycles. The van der Waals surface area contributed by atoms with Gasteiger partial charge in [-0.2, -0.15) is 0 Å². The van der Waals surface area contributed by atoms with E-state index in [2.05, 4.69) is 30.6 Å². The van der Waals surface area contributed by atoms with Crippen LogP contribution in [-0.4, -0.2) is 25.4 Å². The number of Topliss-reactive ketones (excluding diaryl/α,β-unsaturated/α-hetero) is 1. The molecule has 0 aromatic carbocycles. The van der Waals surface area contributed by atoms with Crippen molar-refractivity contribution in [1.29, 1.82) is 0 Å². The van der Waals surface area contributed by atoms with Crippen molar-refractivity contribution in [2.75, 3.05) is 13.7 Å². The lowest BCUT2D eigenvalue weighted by atomic mass is 9.94. The summed E-state index contributed by atoms with van der Waals surface area (Å²) >= 11 is 0. The van der Waals surface area contributed by atoms with Crippen molar-refractivity contribution in [3.05, 3.63) is 0 Å². The van der Waals surface area contributed by atoms with E-state index in [1.165, 1.54) is 7.11 Å². The summed E-state index contributed by atoms with van der Waals surface area (Å²) in [5.74, 6) is 10.6. The van der Waals surface area contributed by atoms with Crippen molar-refractivity contribution in [1.82, 2.24) is 0 Å². The fourth-order valence-electron chi connectivity index (χ4n) is 1.92. The maximum Gasteiger partial charge on any atom is 0.309 e. The van der Waals surface area contributed by atoms with E-state index < -0.39 is 0 Å². The van der Waals surface area contributed by atoms with Crippen LogP contribution in [0.1, 0.15) is 58.3 Å². The van der Waals surface area contributed by atoms with E-state index in [0.29, 0.717) is 25.8 Å². The molecule has 0 bridgehead atoms. The molecule has 2 N–H and O–H groups in total. The number of hydrogen-bond donors (Lipinski definition) is 1. The third kappa shape index (κ3) is 10.9. The summed E-state index contributed by atoms with van der Waals surface area (Å²) in [6.07, 6.45) is 5.25. The summed E-state index contributed by atoms with van der Waals surface area (Å²) in [6, 6.07) is 0. The lowest BCUT2D eigenvalue weighted by molar-refractivity contribution is -0.147. The molecule has 0 aliphatic carbocycles. The van der Waals surface area contributed by atoms with Gasteiger partial charge in [0.05, 0.1) is 13.0 Å². The van der Waals surface area contributed by atoms with Crippen LogP contribution in [-0.2, 0) is 14.3 Å². The average Bonchev–Trinajstić information content (AvgIpc) is 2.52. The molecule has 0 saturated carbocycles. The van der Waals surface area contributed by atoms with E-state index in [1.807, 2.05) is 0 Å². The SMILES string of the molecule is CCCC#CC#CCCC(=O)CC(CCCCN)C(=O)OC. The highest BCUT2D eigenvalue weighted by atomic mass is 16.5. The summed E-state index contributed by atoms with van der Waals surface area (Å²) in [5.41, 5.74) is 5.44. The van der Waals surface area contributed by atoms with E-state index in [-0.39, 0.29) is 24.1 Å². The second kappa shape index (κ2) is 14.2. The zero-order valence-electron chi connectivity index (χ0n) is 13.7. The van der Waals surface area contributed by atoms with Gasteiger partial charge in [-0.15, -0.1) is 0 Å². The number of nitrogens with two attached hydrogens (primary N) is 1. The van der Waals surface area contributed by atoms with Crippen LogP contribution < -0.4 is 5.73 Å². The Kier molecular flexibility index (Phi) is 13.0. The highest BCUT2D eigenvalue weighted by Gasteiger charge is 2.21. The van der Waals surface area contributed by atoms with Crippen LogP contribution in [0.2, 0.25) is 0 Å². The van der Waals surface area contributed by atoms with E-state index in [9.17, 15) is 9.59 Å². The van der Waals surface area contributed by atoms with Crippen LogP contribution in [0.25, 0.3) is 0 Å². The first-order chi connectivity index (χ1) is 10.7. The number of esters is 1. The first-order valence-corrected chi connectivity index (χ1v) is 7.91. The standard InChI is InChI=1S/C18H27NO3/c1-3-4-5-6-7-8-9-13-17(20)15-16(18(21)22-2)12-10-11-14-19/h16H,3-4,9-15,19H2,1-2H3. The minimum atomic E-state index is -0.360. The number of ether oxygens (including phenoxy) is 1. The Morgan fingerprint density at radius 2 is 1.82 bits per heavy atom. The molecule has 0 aromatic rings. The molecule has 0 aromatic heterocycles. The maximum absolute atomic E-state index is 11.9. The fourth-order valence-corrected chi connectivity index (χ4v) is 1.92. The number of carbonyl (C=O) groups is 2. The van der Waals surface area contributed by atoms with Gasteiger partial charge >= 0.3 is 5.97 Å². The van der Waals surface area contributed by atoms with Gasteiger partial charge in [0.15, 0.2) is 0 Å². The van der Waals surface area contributed by atoms with Gasteiger partial charge in [-0.25, -0.2) is 0 Å². The van der Waals surface area contributed by atoms with Gasteiger partial charge in [-0.1, -0.05) is 25.2 Å². The summed E-state index contributed by atoms with van der Waals surface area (Å²) in [4.78, 5) is 23.6. The lowest BCUT2D eigenvalue weighted by Gasteiger charge is -2.13. The van der Waals surface area contributed by atoms with Crippen LogP contribution >= 0.6 is 0 Å². The molecule has 22 heavy (non-hydrogen) atoms. The van der Waals surface area contributed by atoms with Crippen molar-refractivity contribution in [2.45, 2.75) is 58.3 Å². The molecule has 0 heterocycles. The van der Waals surface area contributed by atoms with Crippen molar-refractivity contribution in [2.24, 2.45) is 11.7 Å². The first kappa shape index (κ1) is 20.2. The summed E-state index contributed by atoms with van der Waals surface area (Å²) in [6.45, 7) is 2.66. The first-order valence-electron chi connectivity index (χ1n) is 7.91. The van der Waals surface area contributed by atoms with Gasteiger partial charge in [0.25, 0.3) is 0 Å². The van der Waals surface area contributed by atoms with E-state index in [1.54, 1.807) is 0 Å². The van der Waals surface area contributed by atoms with Crippen LogP contribution in [0.3, 0.4) is 0 Å². The molecular formula is C18H27NO3. The Morgan fingerprint density at radius 1 is 1.14 bits per heavy atom. The number of ketones is 1. The molecule has 1 atom stereocenters. The van der Waals surface area contributed by atoms with Crippen LogP contribution in [0.15, 0.2) is 0 Å². The predicted octanol–water partition coefficient (Wildman–Crippen LogP) is 2.45. The summed E-state index contributed by atoms with van der Waals surface area (Å²) in [7, 11) is 1.35. The van der Waals surface area contributed by atoms with Gasteiger partial charge in [0, 0.05) is 25.7 Å². The Labute approximate surface area is 134 Å². The quantitative estimate of drug-likeness (QED) is 0.382. The molecular weight excluding hydrogens is 278 g/mol. The molecule has 122 valence electrons. The molecule has 4 heteroatoms. The van der Waals surface area contributed by atoms with Gasteiger partial charge in [0.2, 0.25) is 0 Å². The molecule has 0 aliphatic rings. The van der Waals surface area contributed by atoms with Gasteiger partial charge in [-0.05, 0) is 37.6 Å². The maximum atomic E-state index is 11.9. The molecule has 0 aliphatic heterocycles. The second-order valence-corrected chi connectivity index (χ2v) is 5.10. The average molecular weight is 305 g/mol.